The van der Waals surface area contributed by atoms with Gasteiger partial charge in [0.25, 0.3) is 0 Å². The number of amides is 1. The molecule has 0 radical (unpaired) electrons. The minimum absolute atomic E-state index is 0.00676. The minimum atomic E-state index is -4.90. The van der Waals surface area contributed by atoms with Crippen molar-refractivity contribution in [2.45, 2.75) is 44.9 Å². The van der Waals surface area contributed by atoms with Gasteiger partial charge in [0.1, 0.15) is 0 Å². The van der Waals surface area contributed by atoms with Crippen molar-refractivity contribution in [3.05, 3.63) is 29.8 Å². The van der Waals surface area contributed by atoms with Gasteiger partial charge in [0.2, 0.25) is 5.91 Å². The first kappa shape index (κ1) is 20.2. The zero-order chi connectivity index (χ0) is 18.5. The van der Waals surface area contributed by atoms with Crippen molar-refractivity contribution >= 4 is 28.9 Å². The summed E-state index contributed by atoms with van der Waals surface area (Å²) in [6.45, 7) is 4.64. The standard InChI is InChI=1S/C15H20F3N3O2S/c1-9(2)10-4-6-11(7-5-10)19-13(24)21-20-12(22)8-14(3,23)15(16,17)18/h4-7,9,23H,8H2,1-3H3,(H,20,22)(H2,19,21,24)/t14-/m0/s1. The van der Waals surface area contributed by atoms with E-state index in [4.69, 9.17) is 12.2 Å². The largest absolute Gasteiger partial charge is 0.417 e. The first-order valence-corrected chi connectivity index (χ1v) is 7.58. The van der Waals surface area contributed by atoms with Crippen LogP contribution in [0.4, 0.5) is 18.9 Å². The first-order chi connectivity index (χ1) is 10.9. The van der Waals surface area contributed by atoms with E-state index in [1.807, 2.05) is 17.6 Å². The minimum Gasteiger partial charge on any atom is -0.380 e. The quantitative estimate of drug-likeness (QED) is 0.489. The molecule has 0 saturated heterocycles. The Balaban J connectivity index is 2.47. The smallest absolute Gasteiger partial charge is 0.380 e. The summed E-state index contributed by atoms with van der Waals surface area (Å²) in [6.07, 6.45) is -6.05. The Morgan fingerprint density at radius 2 is 1.75 bits per heavy atom. The number of carbonyl (C=O) groups is 1. The van der Waals surface area contributed by atoms with E-state index in [9.17, 15) is 23.1 Å². The maximum atomic E-state index is 12.5. The SMILES string of the molecule is CC(C)c1ccc(NC(=S)NNC(=O)C[C@](C)(O)C(F)(F)F)cc1. The highest BCUT2D eigenvalue weighted by molar-refractivity contribution is 7.80. The molecule has 24 heavy (non-hydrogen) atoms. The van der Waals surface area contributed by atoms with Gasteiger partial charge in [0, 0.05) is 5.69 Å². The number of carbonyl (C=O) groups excluding carboxylic acids is 1. The van der Waals surface area contributed by atoms with Crippen LogP contribution in [0.1, 0.15) is 38.7 Å². The summed E-state index contributed by atoms with van der Waals surface area (Å²) >= 11 is 4.93. The molecule has 0 saturated carbocycles. The number of alkyl halides is 3. The van der Waals surface area contributed by atoms with E-state index in [0.29, 0.717) is 18.5 Å². The van der Waals surface area contributed by atoms with Crippen LogP contribution in [0.3, 0.4) is 0 Å². The van der Waals surface area contributed by atoms with Gasteiger partial charge in [-0.1, -0.05) is 26.0 Å². The lowest BCUT2D eigenvalue weighted by Gasteiger charge is -2.25. The molecule has 5 nitrogen and oxygen atoms in total. The maximum Gasteiger partial charge on any atom is 0.417 e. The Labute approximate surface area is 143 Å². The van der Waals surface area contributed by atoms with Crippen LogP contribution in [-0.4, -0.2) is 27.9 Å². The highest BCUT2D eigenvalue weighted by atomic mass is 32.1. The predicted molar refractivity (Wildman–Crippen MR) is 89.3 cm³/mol. The van der Waals surface area contributed by atoms with Crippen LogP contribution >= 0.6 is 12.2 Å². The van der Waals surface area contributed by atoms with Gasteiger partial charge in [0.05, 0.1) is 6.42 Å². The topological polar surface area (TPSA) is 73.4 Å². The molecule has 1 aromatic rings. The van der Waals surface area contributed by atoms with Gasteiger partial charge in [-0.3, -0.25) is 15.6 Å². The van der Waals surface area contributed by atoms with E-state index in [1.54, 1.807) is 12.1 Å². The monoisotopic (exact) mass is 363 g/mol. The number of hydrogen-bond acceptors (Lipinski definition) is 3. The molecule has 0 heterocycles. The normalized spacial score (nSPS) is 14.0. The van der Waals surface area contributed by atoms with Gasteiger partial charge in [0.15, 0.2) is 10.7 Å². The highest BCUT2D eigenvalue weighted by Crippen LogP contribution is 2.32. The zero-order valence-corrected chi connectivity index (χ0v) is 14.3. The van der Waals surface area contributed by atoms with Crippen LogP contribution in [0.15, 0.2) is 24.3 Å². The van der Waals surface area contributed by atoms with Crippen LogP contribution in [0, 0.1) is 0 Å². The summed E-state index contributed by atoms with van der Waals surface area (Å²) in [6, 6.07) is 7.41. The third-order valence-corrected chi connectivity index (χ3v) is 3.47. The fourth-order valence-corrected chi connectivity index (χ4v) is 1.87. The van der Waals surface area contributed by atoms with Gasteiger partial charge in [-0.15, -0.1) is 0 Å². The second-order valence-electron chi connectivity index (χ2n) is 5.85. The van der Waals surface area contributed by atoms with E-state index in [-0.39, 0.29) is 5.11 Å². The number of halogens is 3. The molecule has 1 aromatic carbocycles. The van der Waals surface area contributed by atoms with Crippen molar-refractivity contribution in [1.29, 1.82) is 0 Å². The summed E-state index contributed by atoms with van der Waals surface area (Å²) in [5.41, 5.74) is 2.98. The average Bonchev–Trinajstić information content (AvgIpc) is 2.44. The molecule has 4 N–H and O–H groups in total. The number of benzene rings is 1. The molecule has 1 atom stereocenters. The van der Waals surface area contributed by atoms with Gasteiger partial charge in [-0.25, -0.2) is 0 Å². The molecule has 1 rings (SSSR count). The molecule has 0 fully saturated rings. The van der Waals surface area contributed by atoms with Crippen molar-refractivity contribution in [2.75, 3.05) is 5.32 Å². The van der Waals surface area contributed by atoms with E-state index in [2.05, 4.69) is 24.6 Å². The summed E-state index contributed by atoms with van der Waals surface area (Å²) < 4.78 is 37.4. The van der Waals surface area contributed by atoms with Gasteiger partial charge >= 0.3 is 6.18 Å². The molecule has 1 amide bonds. The molecule has 0 aromatic heterocycles. The van der Waals surface area contributed by atoms with Gasteiger partial charge in [-0.2, -0.15) is 13.2 Å². The Bertz CT molecular complexity index is 587. The highest BCUT2D eigenvalue weighted by Gasteiger charge is 2.51. The molecular weight excluding hydrogens is 343 g/mol. The number of hydrogen-bond donors (Lipinski definition) is 4. The van der Waals surface area contributed by atoms with Crippen LogP contribution in [-0.2, 0) is 4.79 Å². The zero-order valence-electron chi connectivity index (χ0n) is 13.5. The fraction of sp³-hybridized carbons (Fsp3) is 0.467. The average molecular weight is 363 g/mol. The van der Waals surface area contributed by atoms with Crippen LogP contribution in [0.5, 0.6) is 0 Å². The second-order valence-corrected chi connectivity index (χ2v) is 6.26. The Kier molecular flexibility index (Phi) is 6.56. The number of hydrazine groups is 1. The predicted octanol–water partition coefficient (Wildman–Crippen LogP) is 2.83. The molecule has 0 spiro atoms. The summed E-state index contributed by atoms with van der Waals surface area (Å²) in [4.78, 5) is 11.5. The molecule has 134 valence electrons. The molecule has 0 aliphatic rings. The van der Waals surface area contributed by atoms with Crippen molar-refractivity contribution in [1.82, 2.24) is 10.9 Å². The van der Waals surface area contributed by atoms with E-state index < -0.39 is 24.1 Å². The first-order valence-electron chi connectivity index (χ1n) is 7.17. The molecular formula is C15H20F3N3O2S. The molecule has 0 aliphatic carbocycles. The lowest BCUT2D eigenvalue weighted by atomic mass is 10.0. The molecule has 9 heteroatoms. The van der Waals surface area contributed by atoms with E-state index >= 15 is 0 Å². The number of anilines is 1. The number of aliphatic hydroxyl groups is 1. The summed E-state index contributed by atoms with van der Waals surface area (Å²) in [7, 11) is 0. The number of nitrogens with one attached hydrogen (secondary N) is 3. The van der Waals surface area contributed by atoms with Crippen molar-refractivity contribution in [3.8, 4) is 0 Å². The fourth-order valence-electron chi connectivity index (χ4n) is 1.70. The second kappa shape index (κ2) is 7.80. The van der Waals surface area contributed by atoms with Crippen molar-refractivity contribution in [3.63, 3.8) is 0 Å². The third kappa shape index (κ3) is 5.97. The molecule has 0 bridgehead atoms. The number of rotatable bonds is 4. The van der Waals surface area contributed by atoms with Crippen molar-refractivity contribution in [2.24, 2.45) is 0 Å². The maximum absolute atomic E-state index is 12.5. The Hall–Kier alpha value is -1.87. The van der Waals surface area contributed by atoms with Gasteiger partial charge < -0.3 is 10.4 Å². The molecule has 0 unspecified atom stereocenters. The van der Waals surface area contributed by atoms with E-state index in [1.165, 1.54) is 0 Å². The molecule has 0 aliphatic heterocycles. The van der Waals surface area contributed by atoms with Crippen molar-refractivity contribution < 1.29 is 23.1 Å². The van der Waals surface area contributed by atoms with Crippen LogP contribution in [0.2, 0.25) is 0 Å². The Morgan fingerprint density at radius 3 is 2.21 bits per heavy atom. The van der Waals surface area contributed by atoms with Gasteiger partial charge in [-0.05, 0) is 42.8 Å². The summed E-state index contributed by atoms with van der Waals surface area (Å²) in [5.74, 6) is -0.665. The third-order valence-electron chi connectivity index (χ3n) is 3.27. The number of thiocarbonyl (C=S) groups is 1. The Morgan fingerprint density at radius 1 is 1.21 bits per heavy atom. The summed E-state index contributed by atoms with van der Waals surface area (Å²) in [5, 5.41) is 12.0. The lowest BCUT2D eigenvalue weighted by molar-refractivity contribution is -0.253. The lowest BCUT2D eigenvalue weighted by Crippen LogP contribution is -2.50. The van der Waals surface area contributed by atoms with E-state index in [0.717, 1.165) is 5.56 Å². The van der Waals surface area contributed by atoms with Crippen LogP contribution in [0.25, 0.3) is 0 Å². The van der Waals surface area contributed by atoms with Crippen LogP contribution < -0.4 is 16.2 Å².